The van der Waals surface area contributed by atoms with Gasteiger partial charge in [-0.1, -0.05) is 19.8 Å². The molecule has 0 atom stereocenters. The monoisotopic (exact) mass is 333 g/mol. The summed E-state index contributed by atoms with van der Waals surface area (Å²) in [6, 6.07) is 3.94. The molecule has 1 aromatic carbocycles. The number of carbonyl (C=O) groups is 2. The lowest BCUT2D eigenvalue weighted by molar-refractivity contribution is -0.122. The van der Waals surface area contributed by atoms with Crippen LogP contribution in [-0.2, 0) is 4.79 Å². The molecule has 0 saturated carbocycles. The quantitative estimate of drug-likeness (QED) is 0.566. The van der Waals surface area contributed by atoms with Gasteiger partial charge in [0.15, 0.2) is 0 Å². The van der Waals surface area contributed by atoms with E-state index in [-0.39, 0.29) is 11.1 Å². The first-order valence-corrected chi connectivity index (χ1v) is 8.70. The van der Waals surface area contributed by atoms with E-state index >= 15 is 0 Å². The van der Waals surface area contributed by atoms with E-state index in [1.54, 1.807) is 7.11 Å². The summed E-state index contributed by atoms with van der Waals surface area (Å²) in [7, 11) is 1.64. The van der Waals surface area contributed by atoms with E-state index in [4.69, 9.17) is 4.74 Å². The van der Waals surface area contributed by atoms with Crippen molar-refractivity contribution in [3.05, 3.63) is 33.7 Å². The van der Waals surface area contributed by atoms with Gasteiger partial charge >= 0.3 is 0 Å². The van der Waals surface area contributed by atoms with Crippen molar-refractivity contribution >= 4 is 29.0 Å². The highest BCUT2D eigenvalue weighted by atomic mass is 32.2. The van der Waals surface area contributed by atoms with Gasteiger partial charge in [-0.2, -0.15) is 0 Å². The van der Waals surface area contributed by atoms with Gasteiger partial charge in [0.25, 0.3) is 11.1 Å². The molecule has 23 heavy (non-hydrogen) atoms. The summed E-state index contributed by atoms with van der Waals surface area (Å²) in [6.07, 6.45) is 4.77. The summed E-state index contributed by atoms with van der Waals surface area (Å²) in [5.41, 5.74) is 2.97. The van der Waals surface area contributed by atoms with Gasteiger partial charge < -0.3 is 4.74 Å². The molecule has 0 aliphatic carbocycles. The normalized spacial score (nSPS) is 16.5. The van der Waals surface area contributed by atoms with Crippen LogP contribution in [0.2, 0.25) is 0 Å². The molecule has 1 saturated heterocycles. The van der Waals surface area contributed by atoms with Gasteiger partial charge in [-0.3, -0.25) is 14.5 Å². The van der Waals surface area contributed by atoms with E-state index in [9.17, 15) is 9.59 Å². The Kier molecular flexibility index (Phi) is 5.88. The number of thioether (sulfide) groups is 1. The van der Waals surface area contributed by atoms with E-state index < -0.39 is 0 Å². The van der Waals surface area contributed by atoms with Crippen LogP contribution < -0.4 is 4.74 Å². The molecule has 0 unspecified atom stereocenters. The van der Waals surface area contributed by atoms with E-state index in [0.717, 1.165) is 53.5 Å². The standard InChI is InChI=1S/C18H23NO3S/c1-5-6-7-8-19-17(20)16(23-18(19)21)11-14-9-13(3)15(22-4)10-12(14)2/h9-11H,5-8H2,1-4H3/b16-11-. The molecular weight excluding hydrogens is 310 g/mol. The van der Waals surface area contributed by atoms with Crippen molar-refractivity contribution in [3.63, 3.8) is 0 Å². The van der Waals surface area contributed by atoms with Gasteiger partial charge in [-0.15, -0.1) is 0 Å². The highest BCUT2D eigenvalue weighted by Crippen LogP contribution is 2.34. The maximum Gasteiger partial charge on any atom is 0.293 e. The van der Waals surface area contributed by atoms with Crippen LogP contribution in [0, 0.1) is 13.8 Å². The second-order valence-corrected chi connectivity index (χ2v) is 6.71. The smallest absolute Gasteiger partial charge is 0.293 e. The minimum atomic E-state index is -0.177. The summed E-state index contributed by atoms with van der Waals surface area (Å²) in [4.78, 5) is 26.3. The van der Waals surface area contributed by atoms with Crippen LogP contribution in [0.3, 0.4) is 0 Å². The van der Waals surface area contributed by atoms with Gasteiger partial charge in [-0.25, -0.2) is 0 Å². The van der Waals surface area contributed by atoms with Crippen molar-refractivity contribution in [2.45, 2.75) is 40.0 Å². The number of rotatable bonds is 6. The van der Waals surface area contributed by atoms with Crippen molar-refractivity contribution in [2.75, 3.05) is 13.7 Å². The first kappa shape index (κ1) is 17.6. The van der Waals surface area contributed by atoms with Crippen LogP contribution >= 0.6 is 11.8 Å². The third-order valence-electron chi connectivity index (χ3n) is 3.93. The van der Waals surface area contributed by atoms with E-state index in [0.29, 0.717) is 11.4 Å². The summed E-state index contributed by atoms with van der Waals surface area (Å²) in [5.74, 6) is 0.649. The molecular formula is C18H23NO3S. The average Bonchev–Trinajstić information content (AvgIpc) is 2.78. The minimum absolute atomic E-state index is 0.166. The van der Waals surface area contributed by atoms with Crippen LogP contribution in [0.1, 0.15) is 42.9 Å². The van der Waals surface area contributed by atoms with Crippen LogP contribution in [-0.4, -0.2) is 29.7 Å². The fourth-order valence-electron chi connectivity index (χ4n) is 2.54. The zero-order chi connectivity index (χ0) is 17.0. The van der Waals surface area contributed by atoms with Gasteiger partial charge in [0.2, 0.25) is 0 Å². The number of aryl methyl sites for hydroxylation is 2. The Morgan fingerprint density at radius 1 is 1.17 bits per heavy atom. The number of ether oxygens (including phenoxy) is 1. The Bertz CT molecular complexity index is 652. The molecule has 0 spiro atoms. The zero-order valence-corrected chi connectivity index (χ0v) is 15.0. The molecule has 124 valence electrons. The maximum absolute atomic E-state index is 12.4. The number of benzene rings is 1. The molecule has 5 heteroatoms. The number of unbranched alkanes of at least 4 members (excludes halogenated alkanes) is 2. The number of hydrogen-bond acceptors (Lipinski definition) is 4. The van der Waals surface area contributed by atoms with Crippen molar-refractivity contribution in [3.8, 4) is 5.75 Å². The first-order chi connectivity index (χ1) is 11.0. The second kappa shape index (κ2) is 7.68. The van der Waals surface area contributed by atoms with Crippen LogP contribution in [0.5, 0.6) is 5.75 Å². The Morgan fingerprint density at radius 2 is 1.91 bits per heavy atom. The number of amides is 2. The Labute approximate surface area is 141 Å². The number of hydrogen-bond donors (Lipinski definition) is 0. The van der Waals surface area contributed by atoms with Crippen molar-refractivity contribution in [1.29, 1.82) is 0 Å². The summed E-state index contributed by atoms with van der Waals surface area (Å²) < 4.78 is 5.31. The van der Waals surface area contributed by atoms with Crippen LogP contribution in [0.25, 0.3) is 6.08 Å². The molecule has 0 N–H and O–H groups in total. The molecule has 4 nitrogen and oxygen atoms in total. The van der Waals surface area contributed by atoms with Crippen molar-refractivity contribution in [2.24, 2.45) is 0 Å². The molecule has 1 aliphatic rings. The zero-order valence-electron chi connectivity index (χ0n) is 14.1. The van der Waals surface area contributed by atoms with Crippen molar-refractivity contribution in [1.82, 2.24) is 4.90 Å². The molecule has 1 fully saturated rings. The third-order valence-corrected chi connectivity index (χ3v) is 4.84. The fraction of sp³-hybridized carbons (Fsp3) is 0.444. The first-order valence-electron chi connectivity index (χ1n) is 7.88. The molecule has 0 bridgehead atoms. The van der Waals surface area contributed by atoms with Crippen LogP contribution in [0.15, 0.2) is 17.0 Å². The fourth-order valence-corrected chi connectivity index (χ4v) is 3.40. The highest BCUT2D eigenvalue weighted by molar-refractivity contribution is 8.18. The molecule has 1 aliphatic heterocycles. The second-order valence-electron chi connectivity index (χ2n) is 5.72. The van der Waals surface area contributed by atoms with Gasteiger partial charge in [0, 0.05) is 6.54 Å². The third kappa shape index (κ3) is 3.96. The Balaban J connectivity index is 2.22. The highest BCUT2D eigenvalue weighted by Gasteiger charge is 2.34. The molecule has 2 rings (SSSR count). The molecule has 1 aromatic rings. The molecule has 0 radical (unpaired) electrons. The minimum Gasteiger partial charge on any atom is -0.496 e. The lowest BCUT2D eigenvalue weighted by Gasteiger charge is -2.11. The molecule has 0 aromatic heterocycles. The lowest BCUT2D eigenvalue weighted by Crippen LogP contribution is -2.29. The SMILES string of the molecule is CCCCCN1C(=O)S/C(=C\c2cc(C)c(OC)cc2C)C1=O. The molecule has 1 heterocycles. The van der Waals surface area contributed by atoms with Crippen LogP contribution in [0.4, 0.5) is 4.79 Å². The topological polar surface area (TPSA) is 46.6 Å². The number of methoxy groups -OCH3 is 1. The Morgan fingerprint density at radius 3 is 2.57 bits per heavy atom. The number of nitrogens with zero attached hydrogens (tertiary/aromatic N) is 1. The van der Waals surface area contributed by atoms with Gasteiger partial charge in [0.1, 0.15) is 5.75 Å². The van der Waals surface area contributed by atoms with Gasteiger partial charge in [-0.05, 0) is 66.9 Å². The average molecular weight is 333 g/mol. The molecule has 2 amide bonds. The summed E-state index contributed by atoms with van der Waals surface area (Å²) in [6.45, 7) is 6.55. The van der Waals surface area contributed by atoms with E-state index in [2.05, 4.69) is 6.92 Å². The van der Waals surface area contributed by atoms with Gasteiger partial charge in [0.05, 0.1) is 12.0 Å². The van der Waals surface area contributed by atoms with E-state index in [1.165, 1.54) is 4.90 Å². The summed E-state index contributed by atoms with van der Waals surface area (Å²) >= 11 is 1.03. The largest absolute Gasteiger partial charge is 0.496 e. The van der Waals surface area contributed by atoms with E-state index in [1.807, 2.05) is 32.1 Å². The predicted molar refractivity (Wildman–Crippen MR) is 94.7 cm³/mol. The lowest BCUT2D eigenvalue weighted by atomic mass is 10.0. The predicted octanol–water partition coefficient (Wildman–Crippen LogP) is 4.54. The number of imide groups is 1. The summed E-state index contributed by atoms with van der Waals surface area (Å²) in [5, 5.41) is -0.166. The number of carbonyl (C=O) groups excluding carboxylic acids is 2. The maximum atomic E-state index is 12.4. The Hall–Kier alpha value is -1.75. The van der Waals surface area contributed by atoms with Crippen molar-refractivity contribution < 1.29 is 14.3 Å².